The molecule has 0 radical (unpaired) electrons. The third-order valence-electron chi connectivity index (χ3n) is 3.64. The van der Waals surface area contributed by atoms with E-state index in [1.807, 2.05) is 37.3 Å². The van der Waals surface area contributed by atoms with Crippen molar-refractivity contribution in [3.63, 3.8) is 0 Å². The molecule has 1 atom stereocenters. The van der Waals surface area contributed by atoms with Crippen molar-refractivity contribution in [3.8, 4) is 6.07 Å². The number of amides is 2. The predicted molar refractivity (Wildman–Crippen MR) is 85.0 cm³/mol. The van der Waals surface area contributed by atoms with Gasteiger partial charge in [-0.05, 0) is 25.8 Å². The summed E-state index contributed by atoms with van der Waals surface area (Å²) in [6.45, 7) is 3.80. The van der Waals surface area contributed by atoms with E-state index in [-0.39, 0.29) is 30.8 Å². The summed E-state index contributed by atoms with van der Waals surface area (Å²) < 4.78 is 0. The van der Waals surface area contributed by atoms with Gasteiger partial charge in [-0.3, -0.25) is 9.59 Å². The molecule has 1 N–H and O–H groups in total. The minimum absolute atomic E-state index is 0.0288. The number of nitrogens with zero attached hydrogens (tertiary/aromatic N) is 2. The fraction of sp³-hybridized carbons (Fsp3) is 0.471. The zero-order chi connectivity index (χ0) is 16.5. The van der Waals surface area contributed by atoms with Gasteiger partial charge in [-0.25, -0.2) is 0 Å². The summed E-state index contributed by atoms with van der Waals surface area (Å²) in [7, 11) is 1.64. The minimum atomic E-state index is -0.188. The Kier molecular flexibility index (Phi) is 7.11. The van der Waals surface area contributed by atoms with Crippen molar-refractivity contribution in [2.45, 2.75) is 39.2 Å². The number of rotatable bonds is 7. The number of nitrogens with one attached hydrogen (secondary N) is 1. The van der Waals surface area contributed by atoms with Gasteiger partial charge >= 0.3 is 0 Å². The monoisotopic (exact) mass is 301 g/mol. The van der Waals surface area contributed by atoms with Crippen LogP contribution >= 0.6 is 0 Å². The van der Waals surface area contributed by atoms with Crippen LogP contribution in [0.2, 0.25) is 0 Å². The highest BCUT2D eigenvalue weighted by atomic mass is 16.2. The molecule has 1 unspecified atom stereocenters. The molecule has 0 aliphatic rings. The molecule has 5 heteroatoms. The third-order valence-corrected chi connectivity index (χ3v) is 3.64. The van der Waals surface area contributed by atoms with Crippen molar-refractivity contribution in [2.75, 3.05) is 13.6 Å². The molecule has 0 saturated heterocycles. The van der Waals surface area contributed by atoms with Crippen molar-refractivity contribution in [1.29, 1.82) is 5.26 Å². The SMILES string of the molecule is Cc1ccc(CCC(=O)NCC(=O)N(C)C(C)CC#N)cc1. The average Bonchev–Trinajstić information content (AvgIpc) is 2.51. The van der Waals surface area contributed by atoms with E-state index in [9.17, 15) is 9.59 Å². The van der Waals surface area contributed by atoms with Gasteiger partial charge < -0.3 is 10.2 Å². The Morgan fingerprint density at radius 3 is 2.55 bits per heavy atom. The van der Waals surface area contributed by atoms with Gasteiger partial charge in [0.2, 0.25) is 11.8 Å². The average molecular weight is 301 g/mol. The van der Waals surface area contributed by atoms with Crippen molar-refractivity contribution in [1.82, 2.24) is 10.2 Å². The smallest absolute Gasteiger partial charge is 0.241 e. The van der Waals surface area contributed by atoms with Gasteiger partial charge in [0.15, 0.2) is 0 Å². The number of hydrogen-bond acceptors (Lipinski definition) is 3. The first-order valence-electron chi connectivity index (χ1n) is 7.39. The fourth-order valence-corrected chi connectivity index (χ4v) is 1.91. The Labute approximate surface area is 131 Å². The van der Waals surface area contributed by atoms with E-state index in [0.717, 1.165) is 5.56 Å². The van der Waals surface area contributed by atoms with Gasteiger partial charge in [-0.1, -0.05) is 29.8 Å². The molecule has 0 aliphatic carbocycles. The molecule has 0 spiro atoms. The van der Waals surface area contributed by atoms with Gasteiger partial charge in [0.25, 0.3) is 0 Å². The van der Waals surface area contributed by atoms with Gasteiger partial charge in [0.1, 0.15) is 0 Å². The topological polar surface area (TPSA) is 73.2 Å². The second kappa shape index (κ2) is 8.83. The molecule has 0 bridgehead atoms. The van der Waals surface area contributed by atoms with Crippen LogP contribution < -0.4 is 5.32 Å². The molecule has 0 fully saturated rings. The van der Waals surface area contributed by atoms with E-state index >= 15 is 0 Å². The molecule has 5 nitrogen and oxygen atoms in total. The minimum Gasteiger partial charge on any atom is -0.347 e. The zero-order valence-corrected chi connectivity index (χ0v) is 13.4. The van der Waals surface area contributed by atoms with Crippen molar-refractivity contribution >= 4 is 11.8 Å². The largest absolute Gasteiger partial charge is 0.347 e. The lowest BCUT2D eigenvalue weighted by atomic mass is 10.1. The van der Waals surface area contributed by atoms with Gasteiger partial charge in [0, 0.05) is 19.5 Å². The third kappa shape index (κ3) is 5.96. The lowest BCUT2D eigenvalue weighted by Crippen LogP contribution is -2.42. The molecule has 22 heavy (non-hydrogen) atoms. The Morgan fingerprint density at radius 1 is 1.32 bits per heavy atom. The van der Waals surface area contributed by atoms with E-state index in [0.29, 0.717) is 12.8 Å². The van der Waals surface area contributed by atoms with Crippen molar-refractivity contribution in [3.05, 3.63) is 35.4 Å². The maximum Gasteiger partial charge on any atom is 0.241 e. The van der Waals surface area contributed by atoms with Crippen LogP contribution in [0.3, 0.4) is 0 Å². The number of likely N-dealkylation sites (N-methyl/N-ethyl adjacent to an activating group) is 1. The molecule has 1 aromatic rings. The highest BCUT2D eigenvalue weighted by Gasteiger charge is 2.15. The summed E-state index contributed by atoms with van der Waals surface area (Å²) in [5.41, 5.74) is 2.29. The molecular formula is C17H23N3O2. The molecule has 0 aromatic heterocycles. The first-order valence-corrected chi connectivity index (χ1v) is 7.39. The highest BCUT2D eigenvalue weighted by molar-refractivity contribution is 5.84. The van der Waals surface area contributed by atoms with Gasteiger partial charge in [-0.2, -0.15) is 5.26 Å². The summed E-state index contributed by atoms with van der Waals surface area (Å²) in [5.74, 6) is -0.332. The maximum atomic E-state index is 11.9. The standard InChI is InChI=1S/C17H23N3O2/c1-13-4-6-15(7-5-13)8-9-16(21)19-12-17(22)20(3)14(2)10-11-18/h4-7,14H,8-10,12H2,1-3H3,(H,19,21). The Morgan fingerprint density at radius 2 is 1.95 bits per heavy atom. The van der Waals surface area contributed by atoms with Crippen LogP contribution in [0.15, 0.2) is 24.3 Å². The number of nitriles is 1. The number of carbonyl (C=O) groups excluding carboxylic acids is 2. The van der Waals surface area contributed by atoms with E-state index in [4.69, 9.17) is 5.26 Å². The Bertz CT molecular complexity index is 546. The summed E-state index contributed by atoms with van der Waals surface area (Å²) in [5, 5.41) is 11.3. The van der Waals surface area contributed by atoms with E-state index in [1.54, 1.807) is 14.0 Å². The van der Waals surface area contributed by atoms with Crippen molar-refractivity contribution < 1.29 is 9.59 Å². The van der Waals surface area contributed by atoms with Crippen LogP contribution in [-0.2, 0) is 16.0 Å². The lowest BCUT2D eigenvalue weighted by Gasteiger charge is -2.23. The molecule has 2 amide bonds. The van der Waals surface area contributed by atoms with E-state index in [2.05, 4.69) is 5.32 Å². The molecule has 0 saturated carbocycles. The van der Waals surface area contributed by atoms with Gasteiger partial charge in [0.05, 0.1) is 19.0 Å². The fourth-order valence-electron chi connectivity index (χ4n) is 1.91. The first kappa shape index (κ1) is 17.7. The van der Waals surface area contributed by atoms with Crippen LogP contribution in [-0.4, -0.2) is 36.3 Å². The van der Waals surface area contributed by atoms with Crippen molar-refractivity contribution in [2.24, 2.45) is 0 Å². The molecule has 1 aromatic carbocycles. The van der Waals surface area contributed by atoms with Crippen LogP contribution in [0, 0.1) is 18.3 Å². The van der Waals surface area contributed by atoms with Crippen LogP contribution in [0.25, 0.3) is 0 Å². The predicted octanol–water partition coefficient (Wildman–Crippen LogP) is 1.80. The normalized spacial score (nSPS) is 11.4. The second-order valence-electron chi connectivity index (χ2n) is 5.48. The van der Waals surface area contributed by atoms with E-state index in [1.165, 1.54) is 10.5 Å². The van der Waals surface area contributed by atoms with Crippen LogP contribution in [0.4, 0.5) is 0 Å². The zero-order valence-electron chi connectivity index (χ0n) is 13.4. The van der Waals surface area contributed by atoms with Crippen LogP contribution in [0.5, 0.6) is 0 Å². The Hall–Kier alpha value is -2.35. The molecular weight excluding hydrogens is 278 g/mol. The summed E-state index contributed by atoms with van der Waals surface area (Å²) in [6.07, 6.45) is 1.29. The Balaban J connectivity index is 2.32. The molecule has 1 rings (SSSR count). The summed E-state index contributed by atoms with van der Waals surface area (Å²) in [6, 6.07) is 9.92. The first-order chi connectivity index (χ1) is 10.4. The highest BCUT2D eigenvalue weighted by Crippen LogP contribution is 2.05. The number of benzene rings is 1. The lowest BCUT2D eigenvalue weighted by molar-refractivity contribution is -0.133. The summed E-state index contributed by atoms with van der Waals surface area (Å²) in [4.78, 5) is 25.1. The molecule has 0 aliphatic heterocycles. The maximum absolute atomic E-state index is 11.9. The number of carbonyl (C=O) groups is 2. The van der Waals surface area contributed by atoms with E-state index < -0.39 is 0 Å². The molecule has 0 heterocycles. The number of aryl methyl sites for hydroxylation is 2. The number of hydrogen-bond donors (Lipinski definition) is 1. The second-order valence-corrected chi connectivity index (χ2v) is 5.48. The quantitative estimate of drug-likeness (QED) is 0.834. The summed E-state index contributed by atoms with van der Waals surface area (Å²) >= 11 is 0. The van der Waals surface area contributed by atoms with Crippen LogP contribution in [0.1, 0.15) is 30.9 Å². The van der Waals surface area contributed by atoms with Gasteiger partial charge in [-0.15, -0.1) is 0 Å². The molecule has 118 valence electrons.